The fraction of sp³-hybridized carbons (Fsp3) is 0.462. The quantitative estimate of drug-likeness (QED) is 0.575. The van der Waals surface area contributed by atoms with Gasteiger partial charge >= 0.3 is 0 Å². The van der Waals surface area contributed by atoms with E-state index in [0.717, 1.165) is 29.8 Å². The molecule has 1 aliphatic carbocycles. The number of piperidine rings is 2. The first-order valence-corrected chi connectivity index (χ1v) is 12.5. The lowest BCUT2D eigenvalue weighted by Gasteiger charge is -2.45. The number of hydrogen-bond acceptors (Lipinski definition) is 9. The van der Waals surface area contributed by atoms with Crippen LogP contribution in [0, 0.1) is 0 Å². The van der Waals surface area contributed by atoms with Crippen LogP contribution >= 0.6 is 0 Å². The van der Waals surface area contributed by atoms with Crippen LogP contribution in [0.2, 0.25) is 0 Å². The summed E-state index contributed by atoms with van der Waals surface area (Å²) in [4.78, 5) is 11.4. The minimum absolute atomic E-state index is 0.0972. The summed E-state index contributed by atoms with van der Waals surface area (Å²) in [7, 11) is 0. The molecule has 180 valence electrons. The molecule has 1 unspecified atom stereocenters. The van der Waals surface area contributed by atoms with Crippen LogP contribution in [0.1, 0.15) is 44.9 Å². The van der Waals surface area contributed by atoms with Crippen molar-refractivity contribution in [3.05, 3.63) is 36.7 Å². The normalized spacial score (nSPS) is 24.9. The molecule has 35 heavy (non-hydrogen) atoms. The van der Waals surface area contributed by atoms with Crippen molar-refractivity contribution in [2.75, 3.05) is 11.7 Å². The predicted molar refractivity (Wildman–Crippen MR) is 129 cm³/mol. The Morgan fingerprint density at radius 1 is 0.886 bits per heavy atom. The summed E-state index contributed by atoms with van der Waals surface area (Å²) in [6.45, 7) is 0.174. The van der Waals surface area contributed by atoms with Crippen LogP contribution in [0.3, 0.4) is 0 Å². The number of phenols is 1. The summed E-state index contributed by atoms with van der Waals surface area (Å²) in [6, 6.07) is 9.55. The van der Waals surface area contributed by atoms with Crippen molar-refractivity contribution < 1.29 is 14.6 Å². The Morgan fingerprint density at radius 2 is 1.74 bits per heavy atom. The lowest BCUT2D eigenvalue weighted by Crippen LogP contribution is -2.55. The average Bonchev–Trinajstić information content (AvgIpc) is 3.59. The molecule has 2 N–H and O–H groups in total. The van der Waals surface area contributed by atoms with E-state index in [2.05, 4.69) is 30.4 Å². The number of rotatable bonds is 5. The van der Waals surface area contributed by atoms with Gasteiger partial charge in [-0.25, -0.2) is 9.97 Å². The van der Waals surface area contributed by atoms with Gasteiger partial charge in [-0.05, 0) is 62.3 Å². The molecule has 1 aromatic carbocycles. The van der Waals surface area contributed by atoms with E-state index in [9.17, 15) is 5.11 Å². The van der Waals surface area contributed by atoms with Crippen LogP contribution in [0.25, 0.3) is 22.5 Å². The van der Waals surface area contributed by atoms with Crippen molar-refractivity contribution in [3.63, 3.8) is 0 Å². The third-order valence-corrected chi connectivity index (χ3v) is 7.64. The maximum absolute atomic E-state index is 10.8. The van der Waals surface area contributed by atoms with Crippen molar-refractivity contribution in [3.8, 4) is 39.9 Å². The number of anilines is 1. The lowest BCUT2D eigenvalue weighted by molar-refractivity contribution is 0.171. The van der Waals surface area contributed by atoms with E-state index in [-0.39, 0.29) is 12.5 Å². The standard InChI is InChI=1S/C26H28N6O3/c33-22-8-15(16-9-23-26(28-12-16)35-14-34-23)4-7-21(22)25-27-13-24(30-31-25)32(19-5-6-19)20-10-17-2-1-3-18(11-20)29-17/h4,7-9,12-13,17-20,29,33H,1-3,5-6,10-11,14H2/t17-,18+,20?. The molecule has 7 rings (SSSR count). The van der Waals surface area contributed by atoms with Crippen LogP contribution in [0.15, 0.2) is 36.7 Å². The van der Waals surface area contributed by atoms with Crippen molar-refractivity contribution in [2.24, 2.45) is 0 Å². The van der Waals surface area contributed by atoms with E-state index in [1.165, 1.54) is 32.1 Å². The van der Waals surface area contributed by atoms with Crippen LogP contribution in [0.4, 0.5) is 5.82 Å². The smallest absolute Gasteiger partial charge is 0.260 e. The Labute approximate surface area is 203 Å². The first kappa shape index (κ1) is 20.9. The van der Waals surface area contributed by atoms with Gasteiger partial charge in [-0.2, -0.15) is 0 Å². The number of phenolic OH excluding ortho intramolecular Hbond substituents is 1. The van der Waals surface area contributed by atoms with Crippen LogP contribution < -0.4 is 19.7 Å². The van der Waals surface area contributed by atoms with Gasteiger partial charge in [0, 0.05) is 35.9 Å². The molecule has 3 atom stereocenters. The highest BCUT2D eigenvalue weighted by molar-refractivity contribution is 5.73. The summed E-state index contributed by atoms with van der Waals surface area (Å²) >= 11 is 0. The second kappa shape index (κ2) is 8.34. The molecule has 2 aromatic heterocycles. The Kier molecular flexibility index (Phi) is 4.97. The molecular formula is C26H28N6O3. The largest absolute Gasteiger partial charge is 0.507 e. The number of fused-ring (bicyclic) bond motifs is 3. The minimum Gasteiger partial charge on any atom is -0.507 e. The third-order valence-electron chi connectivity index (χ3n) is 7.64. The lowest BCUT2D eigenvalue weighted by atomic mass is 9.83. The van der Waals surface area contributed by atoms with Gasteiger partial charge in [0.1, 0.15) is 5.75 Å². The fourth-order valence-corrected chi connectivity index (χ4v) is 5.85. The minimum atomic E-state index is 0.0972. The van der Waals surface area contributed by atoms with Crippen molar-refractivity contribution >= 4 is 5.82 Å². The van der Waals surface area contributed by atoms with Gasteiger partial charge in [0.2, 0.25) is 6.79 Å². The number of benzene rings is 1. The summed E-state index contributed by atoms with van der Waals surface area (Å²) in [5.41, 5.74) is 2.20. The molecule has 2 bridgehead atoms. The molecule has 4 aliphatic rings. The molecule has 0 radical (unpaired) electrons. The second-order valence-corrected chi connectivity index (χ2v) is 10.1. The number of hydrogen-bond donors (Lipinski definition) is 2. The van der Waals surface area contributed by atoms with Crippen molar-refractivity contribution in [1.29, 1.82) is 0 Å². The highest BCUT2D eigenvalue weighted by atomic mass is 16.7. The Bertz CT molecular complexity index is 1240. The highest BCUT2D eigenvalue weighted by Gasteiger charge is 2.40. The van der Waals surface area contributed by atoms with Gasteiger partial charge in [0.15, 0.2) is 17.4 Å². The van der Waals surface area contributed by atoms with E-state index in [4.69, 9.17) is 9.47 Å². The number of aromatic nitrogens is 4. The van der Waals surface area contributed by atoms with E-state index in [1.54, 1.807) is 12.3 Å². The molecule has 3 aromatic rings. The zero-order valence-electron chi connectivity index (χ0n) is 19.4. The first-order valence-electron chi connectivity index (χ1n) is 12.5. The highest BCUT2D eigenvalue weighted by Crippen LogP contribution is 2.39. The Morgan fingerprint density at radius 3 is 2.49 bits per heavy atom. The molecule has 5 heterocycles. The van der Waals surface area contributed by atoms with Crippen molar-refractivity contribution in [1.82, 2.24) is 25.5 Å². The number of nitrogens with one attached hydrogen (secondary N) is 1. The zero-order chi connectivity index (χ0) is 23.4. The van der Waals surface area contributed by atoms with E-state index < -0.39 is 0 Å². The molecule has 3 aliphatic heterocycles. The molecule has 1 saturated carbocycles. The van der Waals surface area contributed by atoms with Crippen molar-refractivity contribution in [2.45, 2.75) is 69.1 Å². The predicted octanol–water partition coefficient (Wildman–Crippen LogP) is 3.68. The van der Waals surface area contributed by atoms with Gasteiger partial charge in [-0.1, -0.05) is 12.5 Å². The number of nitrogens with zero attached hydrogens (tertiary/aromatic N) is 5. The first-order chi connectivity index (χ1) is 17.2. The fourth-order valence-electron chi connectivity index (χ4n) is 5.85. The molecule has 3 fully saturated rings. The maximum Gasteiger partial charge on any atom is 0.260 e. The topological polar surface area (TPSA) is 106 Å². The molecule has 9 heteroatoms. The number of aromatic hydroxyl groups is 1. The molecular weight excluding hydrogens is 444 g/mol. The van der Waals surface area contributed by atoms with Gasteiger partial charge in [0.05, 0.1) is 11.8 Å². The van der Waals surface area contributed by atoms with E-state index in [0.29, 0.717) is 47.2 Å². The zero-order valence-corrected chi connectivity index (χ0v) is 19.4. The summed E-state index contributed by atoms with van der Waals surface area (Å²) in [6.07, 6.45) is 12.1. The molecule has 2 saturated heterocycles. The van der Waals surface area contributed by atoms with E-state index >= 15 is 0 Å². The monoisotopic (exact) mass is 472 g/mol. The molecule has 0 spiro atoms. The van der Waals surface area contributed by atoms with Crippen LogP contribution in [0.5, 0.6) is 17.4 Å². The Hall–Kier alpha value is -3.46. The van der Waals surface area contributed by atoms with Gasteiger partial charge in [-0.15, -0.1) is 10.2 Å². The average molecular weight is 473 g/mol. The molecule has 9 nitrogen and oxygen atoms in total. The summed E-state index contributed by atoms with van der Waals surface area (Å²) in [5.74, 6) is 2.46. The van der Waals surface area contributed by atoms with Gasteiger partial charge in [-0.3, -0.25) is 0 Å². The summed E-state index contributed by atoms with van der Waals surface area (Å²) in [5, 5.41) is 23.6. The third kappa shape index (κ3) is 3.93. The van der Waals surface area contributed by atoms with Gasteiger partial charge < -0.3 is 24.8 Å². The van der Waals surface area contributed by atoms with E-state index in [1.807, 2.05) is 24.4 Å². The number of ether oxygens (including phenoxy) is 2. The van der Waals surface area contributed by atoms with Crippen LogP contribution in [-0.2, 0) is 0 Å². The number of pyridine rings is 1. The molecule has 0 amide bonds. The summed E-state index contributed by atoms with van der Waals surface area (Å²) < 4.78 is 10.7. The SMILES string of the molecule is Oc1cc(-c2cnc3c(c2)OCO3)ccc1-c1ncc(N(C2CC2)C2C[C@H]3CCC[C@@H](C2)N3)nn1. The second-order valence-electron chi connectivity index (χ2n) is 10.1. The Balaban J connectivity index is 1.13. The maximum atomic E-state index is 10.8. The van der Waals surface area contributed by atoms with Crippen LogP contribution in [-0.4, -0.2) is 56.2 Å². The van der Waals surface area contributed by atoms with Gasteiger partial charge in [0.25, 0.3) is 5.88 Å².